The fourth-order valence-corrected chi connectivity index (χ4v) is 3.23. The molecule has 2 aliphatic rings. The Morgan fingerprint density at radius 1 is 1.13 bits per heavy atom. The van der Waals surface area contributed by atoms with E-state index in [2.05, 4.69) is 11.8 Å². The Balaban J connectivity index is 1.82. The van der Waals surface area contributed by atoms with Crippen LogP contribution in [-0.2, 0) is 0 Å². The molecule has 0 aromatic rings. The summed E-state index contributed by atoms with van der Waals surface area (Å²) >= 11 is 0. The summed E-state index contributed by atoms with van der Waals surface area (Å²) in [6, 6.07) is 1.35. The predicted molar refractivity (Wildman–Crippen MR) is 64.8 cm³/mol. The second kappa shape index (κ2) is 5.31. The minimum atomic E-state index is 0.494. The first-order chi connectivity index (χ1) is 7.29. The highest BCUT2D eigenvalue weighted by atomic mass is 15.2. The molecule has 2 N–H and O–H groups in total. The van der Waals surface area contributed by atoms with Crippen LogP contribution in [0.1, 0.15) is 51.9 Å². The van der Waals surface area contributed by atoms with Crippen LogP contribution in [0.25, 0.3) is 0 Å². The lowest BCUT2D eigenvalue weighted by molar-refractivity contribution is 0.0936. The maximum atomic E-state index is 5.96. The van der Waals surface area contributed by atoms with Gasteiger partial charge in [0.1, 0.15) is 0 Å². The van der Waals surface area contributed by atoms with Gasteiger partial charge < -0.3 is 10.6 Å². The zero-order valence-corrected chi connectivity index (χ0v) is 10.1. The summed E-state index contributed by atoms with van der Waals surface area (Å²) in [5.74, 6) is 0.967. The lowest BCUT2D eigenvalue weighted by Gasteiger charge is -2.40. The molecule has 88 valence electrons. The quantitative estimate of drug-likeness (QED) is 0.758. The van der Waals surface area contributed by atoms with Crippen molar-refractivity contribution in [3.05, 3.63) is 0 Å². The van der Waals surface area contributed by atoms with Gasteiger partial charge in [0.25, 0.3) is 0 Å². The predicted octanol–water partition coefficient (Wildman–Crippen LogP) is 2.38. The van der Waals surface area contributed by atoms with Gasteiger partial charge in [0.15, 0.2) is 0 Å². The number of likely N-dealkylation sites (tertiary alicyclic amines) is 1. The van der Waals surface area contributed by atoms with E-state index in [1.54, 1.807) is 0 Å². The molecule has 0 spiro atoms. The molecule has 2 rings (SSSR count). The highest BCUT2D eigenvalue weighted by Gasteiger charge is 2.27. The van der Waals surface area contributed by atoms with Crippen molar-refractivity contribution in [1.29, 1.82) is 0 Å². The van der Waals surface area contributed by atoms with Crippen molar-refractivity contribution >= 4 is 0 Å². The molecule has 1 aliphatic heterocycles. The van der Waals surface area contributed by atoms with Gasteiger partial charge in [-0.3, -0.25) is 0 Å². The van der Waals surface area contributed by atoms with E-state index in [0.29, 0.717) is 6.04 Å². The normalized spacial score (nSPS) is 39.2. The van der Waals surface area contributed by atoms with E-state index in [9.17, 15) is 0 Å². The monoisotopic (exact) mass is 210 g/mol. The number of piperidine rings is 1. The third-order valence-corrected chi connectivity index (χ3v) is 4.39. The number of nitrogens with two attached hydrogens (primary N) is 1. The minimum absolute atomic E-state index is 0.494. The first-order valence-electron chi connectivity index (χ1n) is 6.79. The van der Waals surface area contributed by atoms with Crippen molar-refractivity contribution < 1.29 is 0 Å². The van der Waals surface area contributed by atoms with Gasteiger partial charge in [0.2, 0.25) is 0 Å². The molecule has 2 fully saturated rings. The van der Waals surface area contributed by atoms with Crippen LogP contribution >= 0.6 is 0 Å². The molecule has 0 bridgehead atoms. The molecule has 0 amide bonds. The Hall–Kier alpha value is -0.0800. The molecule has 0 aromatic carbocycles. The molecule has 15 heavy (non-hydrogen) atoms. The van der Waals surface area contributed by atoms with Crippen LogP contribution in [0, 0.1) is 5.92 Å². The van der Waals surface area contributed by atoms with Crippen molar-refractivity contribution in [1.82, 2.24) is 4.90 Å². The van der Waals surface area contributed by atoms with Gasteiger partial charge in [-0.05, 0) is 51.0 Å². The van der Waals surface area contributed by atoms with Gasteiger partial charge in [-0.1, -0.05) is 13.3 Å². The second-order valence-electron chi connectivity index (χ2n) is 5.48. The van der Waals surface area contributed by atoms with E-state index in [4.69, 9.17) is 5.73 Å². The third-order valence-electron chi connectivity index (χ3n) is 4.39. The summed E-state index contributed by atoms with van der Waals surface area (Å²) in [7, 11) is 0. The standard InChI is InChI=1S/C13H26N2/c1-2-11-4-3-9-15(10-11)13-7-5-12(14)6-8-13/h11-13H,2-10,14H2,1H3. The Morgan fingerprint density at radius 2 is 1.87 bits per heavy atom. The Morgan fingerprint density at radius 3 is 2.53 bits per heavy atom. The minimum Gasteiger partial charge on any atom is -0.328 e. The third kappa shape index (κ3) is 2.94. The lowest BCUT2D eigenvalue weighted by Crippen LogP contribution is -2.45. The van der Waals surface area contributed by atoms with Crippen LogP contribution in [0.4, 0.5) is 0 Å². The van der Waals surface area contributed by atoms with Crippen LogP contribution in [0.5, 0.6) is 0 Å². The van der Waals surface area contributed by atoms with E-state index in [-0.39, 0.29) is 0 Å². The summed E-state index contributed by atoms with van der Waals surface area (Å²) in [5.41, 5.74) is 5.96. The molecule has 0 aromatic heterocycles. The molecule has 1 saturated heterocycles. The average Bonchev–Trinajstić information content (AvgIpc) is 2.30. The number of hydrogen-bond acceptors (Lipinski definition) is 2. The maximum absolute atomic E-state index is 5.96. The van der Waals surface area contributed by atoms with Crippen molar-refractivity contribution in [3.8, 4) is 0 Å². The zero-order chi connectivity index (χ0) is 10.7. The largest absolute Gasteiger partial charge is 0.328 e. The molecule has 2 nitrogen and oxygen atoms in total. The highest BCUT2D eigenvalue weighted by molar-refractivity contribution is 4.84. The van der Waals surface area contributed by atoms with Gasteiger partial charge in [-0.2, -0.15) is 0 Å². The Kier molecular flexibility index (Phi) is 4.04. The molecule has 1 aliphatic carbocycles. The first kappa shape index (κ1) is 11.4. The summed E-state index contributed by atoms with van der Waals surface area (Å²) in [5, 5.41) is 0. The van der Waals surface area contributed by atoms with E-state index in [1.165, 1.54) is 58.0 Å². The van der Waals surface area contributed by atoms with Crippen LogP contribution < -0.4 is 5.73 Å². The lowest BCUT2D eigenvalue weighted by atomic mass is 9.87. The molecule has 1 atom stereocenters. The van der Waals surface area contributed by atoms with Crippen molar-refractivity contribution in [2.24, 2.45) is 11.7 Å². The van der Waals surface area contributed by atoms with Crippen LogP contribution in [0.3, 0.4) is 0 Å². The molecule has 2 heteroatoms. The molecule has 1 unspecified atom stereocenters. The molecular formula is C13H26N2. The van der Waals surface area contributed by atoms with Crippen LogP contribution in [-0.4, -0.2) is 30.1 Å². The van der Waals surface area contributed by atoms with Gasteiger partial charge in [0, 0.05) is 18.6 Å². The van der Waals surface area contributed by atoms with Crippen LogP contribution in [0.2, 0.25) is 0 Å². The van der Waals surface area contributed by atoms with Gasteiger partial charge in [-0.15, -0.1) is 0 Å². The van der Waals surface area contributed by atoms with E-state index >= 15 is 0 Å². The van der Waals surface area contributed by atoms with Crippen LogP contribution in [0.15, 0.2) is 0 Å². The van der Waals surface area contributed by atoms with Gasteiger partial charge in [-0.25, -0.2) is 0 Å². The summed E-state index contributed by atoms with van der Waals surface area (Å²) in [4.78, 5) is 2.75. The number of nitrogens with zero attached hydrogens (tertiary/aromatic N) is 1. The maximum Gasteiger partial charge on any atom is 0.00965 e. The summed E-state index contributed by atoms with van der Waals surface area (Å²) in [6.07, 6.45) is 9.42. The fourth-order valence-electron chi connectivity index (χ4n) is 3.23. The summed E-state index contributed by atoms with van der Waals surface area (Å²) < 4.78 is 0. The highest BCUT2D eigenvalue weighted by Crippen LogP contribution is 2.27. The van der Waals surface area contributed by atoms with Crippen molar-refractivity contribution in [3.63, 3.8) is 0 Å². The van der Waals surface area contributed by atoms with Crippen molar-refractivity contribution in [2.45, 2.75) is 64.0 Å². The molecule has 1 heterocycles. The average molecular weight is 210 g/mol. The van der Waals surface area contributed by atoms with E-state index in [0.717, 1.165) is 12.0 Å². The smallest absolute Gasteiger partial charge is 0.00965 e. The SMILES string of the molecule is CCC1CCCN(C2CCC(N)CC2)C1. The number of rotatable bonds is 2. The number of hydrogen-bond donors (Lipinski definition) is 1. The fraction of sp³-hybridized carbons (Fsp3) is 1.00. The van der Waals surface area contributed by atoms with E-state index < -0.39 is 0 Å². The van der Waals surface area contributed by atoms with Crippen molar-refractivity contribution in [2.75, 3.05) is 13.1 Å². The second-order valence-corrected chi connectivity index (χ2v) is 5.48. The Labute approximate surface area is 94.2 Å². The molecule has 0 radical (unpaired) electrons. The van der Waals surface area contributed by atoms with Gasteiger partial charge in [0.05, 0.1) is 0 Å². The molecular weight excluding hydrogens is 184 g/mol. The molecule has 1 saturated carbocycles. The first-order valence-corrected chi connectivity index (χ1v) is 6.79. The Bertz CT molecular complexity index is 185. The zero-order valence-electron chi connectivity index (χ0n) is 10.1. The van der Waals surface area contributed by atoms with E-state index in [1.807, 2.05) is 0 Å². The summed E-state index contributed by atoms with van der Waals surface area (Å²) in [6.45, 7) is 5.04. The topological polar surface area (TPSA) is 29.3 Å². The van der Waals surface area contributed by atoms with Gasteiger partial charge >= 0.3 is 0 Å².